The van der Waals surface area contributed by atoms with Crippen molar-refractivity contribution in [1.82, 2.24) is 30.6 Å². The van der Waals surface area contributed by atoms with E-state index in [-0.39, 0.29) is 22.6 Å². The number of aliphatic hydroxyl groups is 2. The Morgan fingerprint density at radius 1 is 0.519 bits per heavy atom. The molecule has 2 amide bonds. The van der Waals surface area contributed by atoms with Gasteiger partial charge in [0.1, 0.15) is 11.6 Å². The summed E-state index contributed by atoms with van der Waals surface area (Å²) in [6.07, 6.45) is 3.57. The maximum Gasteiger partial charge on any atom is 0.229 e. The predicted octanol–water partition coefficient (Wildman–Crippen LogP) is 8.13. The van der Waals surface area contributed by atoms with Crippen molar-refractivity contribution in [2.24, 2.45) is 21.7 Å². The third-order valence-electron chi connectivity index (χ3n) is 10.9. The van der Waals surface area contributed by atoms with Gasteiger partial charge in [0.25, 0.3) is 0 Å². The molecule has 0 aliphatic rings. The second kappa shape index (κ2) is 13.9. The summed E-state index contributed by atoms with van der Waals surface area (Å²) in [7, 11) is 0. The van der Waals surface area contributed by atoms with Crippen LogP contribution < -0.4 is 10.6 Å². The Balaban J connectivity index is 1.51. The van der Waals surface area contributed by atoms with E-state index in [0.29, 0.717) is 11.6 Å². The first-order chi connectivity index (χ1) is 23.6. The maximum absolute atomic E-state index is 13.3. The first-order valence-corrected chi connectivity index (χ1v) is 18.0. The fourth-order valence-corrected chi connectivity index (χ4v) is 5.51. The number of benzene rings is 2. The summed E-state index contributed by atoms with van der Waals surface area (Å²) in [5, 5.41) is 27.5. The molecule has 2 aromatic carbocycles. The van der Waals surface area contributed by atoms with Crippen LogP contribution in [0, 0.1) is 21.7 Å². The van der Waals surface area contributed by atoms with Crippen LogP contribution in [0.3, 0.4) is 0 Å². The molecule has 0 radical (unpaired) electrons. The van der Waals surface area contributed by atoms with Gasteiger partial charge < -0.3 is 30.8 Å². The van der Waals surface area contributed by atoms with Crippen molar-refractivity contribution in [1.29, 1.82) is 0 Å². The molecular formula is C42H60N6O4. The van der Waals surface area contributed by atoms with Crippen LogP contribution >= 0.6 is 0 Å². The van der Waals surface area contributed by atoms with Crippen molar-refractivity contribution < 1.29 is 19.8 Å². The normalized spacial score (nSPS) is 14.5. The second-order valence-electron chi connectivity index (χ2n) is 18.4. The van der Waals surface area contributed by atoms with E-state index in [1.807, 2.05) is 65.8 Å². The van der Waals surface area contributed by atoms with Crippen LogP contribution in [-0.2, 0) is 9.59 Å². The van der Waals surface area contributed by atoms with E-state index in [2.05, 4.69) is 54.8 Å². The quantitative estimate of drug-likeness (QED) is 0.0922. The molecule has 0 spiro atoms. The molecule has 0 aliphatic heterocycles. The molecule has 52 heavy (non-hydrogen) atoms. The van der Waals surface area contributed by atoms with E-state index in [4.69, 9.17) is 0 Å². The molecule has 0 saturated carbocycles. The average molecular weight is 713 g/mol. The van der Waals surface area contributed by atoms with Gasteiger partial charge in [-0.15, -0.1) is 0 Å². The van der Waals surface area contributed by atoms with Gasteiger partial charge in [-0.2, -0.15) is 0 Å². The Labute approximate surface area is 309 Å². The smallest absolute Gasteiger partial charge is 0.229 e. The number of aromatic nitrogens is 4. The summed E-state index contributed by atoms with van der Waals surface area (Å²) < 4.78 is 0. The highest BCUT2D eigenvalue weighted by Gasteiger charge is 2.45. The van der Waals surface area contributed by atoms with Gasteiger partial charge >= 0.3 is 0 Å². The van der Waals surface area contributed by atoms with Crippen molar-refractivity contribution in [2.45, 2.75) is 120 Å². The van der Waals surface area contributed by atoms with Crippen molar-refractivity contribution in [3.8, 4) is 33.6 Å². The Hall–Kier alpha value is -4.28. The first kappa shape index (κ1) is 40.5. The van der Waals surface area contributed by atoms with Crippen LogP contribution in [0.4, 0.5) is 0 Å². The van der Waals surface area contributed by atoms with Gasteiger partial charge in [0.05, 0.1) is 57.9 Å². The van der Waals surface area contributed by atoms with Gasteiger partial charge in [0, 0.05) is 0 Å². The minimum Gasteiger partial charge on any atom is -0.389 e. The topological polar surface area (TPSA) is 156 Å². The highest BCUT2D eigenvalue weighted by molar-refractivity contribution is 5.84. The Kier molecular flexibility index (Phi) is 10.8. The zero-order chi connectivity index (χ0) is 39.2. The van der Waals surface area contributed by atoms with Crippen LogP contribution in [0.1, 0.15) is 121 Å². The summed E-state index contributed by atoms with van der Waals surface area (Å²) in [5.41, 5.74) is 0.614. The third-order valence-corrected chi connectivity index (χ3v) is 10.9. The first-order valence-electron chi connectivity index (χ1n) is 18.0. The molecule has 282 valence electrons. The molecule has 0 saturated heterocycles. The monoisotopic (exact) mass is 712 g/mol. The average Bonchev–Trinajstić information content (AvgIpc) is 3.71. The van der Waals surface area contributed by atoms with Crippen LogP contribution in [0.2, 0.25) is 0 Å². The molecule has 0 aliphatic carbocycles. The molecule has 2 aromatic heterocycles. The number of amides is 2. The zero-order valence-electron chi connectivity index (χ0n) is 33.5. The molecule has 0 fully saturated rings. The standard InChI is InChI=1S/C42H60N6O4/c1-37(2,3)31(47-35(49)39(7,8)41(11,12)51)33-43-23-29(45-33)27-19-15-25(16-20-27)26-17-21-28(22-18-26)30-24-44-34(46-30)32(38(4,5)6)48-36(50)40(9,10)42(13,14)52/h15-24,31-32,51-52H,1-14H3,(H,43,45)(H,44,46)(H,47,49)(H,48,50)/t31-,32?/m1/s1. The molecule has 4 aromatic rings. The number of nitrogens with zero attached hydrogens (tertiary/aromatic N) is 2. The lowest BCUT2D eigenvalue weighted by molar-refractivity contribution is -0.145. The minimum absolute atomic E-state index is 0.244. The third kappa shape index (κ3) is 8.50. The molecule has 2 atom stereocenters. The highest BCUT2D eigenvalue weighted by Crippen LogP contribution is 2.38. The summed E-state index contributed by atoms with van der Waals surface area (Å²) in [5.74, 6) is 0.814. The number of H-pyrrole nitrogens is 2. The lowest BCUT2D eigenvalue weighted by Gasteiger charge is -2.39. The summed E-state index contributed by atoms with van der Waals surface area (Å²) in [4.78, 5) is 42.8. The lowest BCUT2D eigenvalue weighted by atomic mass is 9.75. The van der Waals surface area contributed by atoms with Crippen LogP contribution in [0.25, 0.3) is 33.6 Å². The second-order valence-corrected chi connectivity index (χ2v) is 18.4. The largest absolute Gasteiger partial charge is 0.389 e. The number of rotatable bonds is 11. The summed E-state index contributed by atoms with van der Waals surface area (Å²) in [6, 6.07) is 15.7. The van der Waals surface area contributed by atoms with E-state index in [0.717, 1.165) is 33.6 Å². The van der Waals surface area contributed by atoms with Crippen LogP contribution in [-0.4, -0.2) is 53.2 Å². The predicted molar refractivity (Wildman–Crippen MR) is 208 cm³/mol. The zero-order valence-corrected chi connectivity index (χ0v) is 33.5. The molecule has 2 heterocycles. The molecule has 4 rings (SSSR count). The fraction of sp³-hybridized carbons (Fsp3) is 0.524. The van der Waals surface area contributed by atoms with E-state index >= 15 is 0 Å². The van der Waals surface area contributed by atoms with E-state index < -0.39 is 34.1 Å². The Bertz CT molecular complexity index is 1720. The number of imidazole rings is 2. The van der Waals surface area contributed by atoms with E-state index in [9.17, 15) is 19.8 Å². The summed E-state index contributed by atoms with van der Waals surface area (Å²) >= 11 is 0. The fourth-order valence-electron chi connectivity index (χ4n) is 5.51. The van der Waals surface area contributed by atoms with Gasteiger partial charge in [-0.3, -0.25) is 9.59 Å². The van der Waals surface area contributed by atoms with E-state index in [1.54, 1.807) is 67.8 Å². The van der Waals surface area contributed by atoms with Crippen molar-refractivity contribution in [3.05, 3.63) is 72.6 Å². The van der Waals surface area contributed by atoms with Gasteiger partial charge in [-0.1, -0.05) is 90.1 Å². The minimum atomic E-state index is -1.20. The molecule has 0 bridgehead atoms. The van der Waals surface area contributed by atoms with Gasteiger partial charge in [0.2, 0.25) is 11.8 Å². The highest BCUT2D eigenvalue weighted by atomic mass is 16.3. The Morgan fingerprint density at radius 3 is 1.04 bits per heavy atom. The van der Waals surface area contributed by atoms with Crippen molar-refractivity contribution >= 4 is 11.8 Å². The molecule has 10 heteroatoms. The number of hydrogen-bond donors (Lipinski definition) is 6. The maximum atomic E-state index is 13.3. The van der Waals surface area contributed by atoms with E-state index in [1.165, 1.54) is 0 Å². The number of carbonyl (C=O) groups excluding carboxylic acids is 2. The number of nitrogens with one attached hydrogen (secondary N) is 4. The van der Waals surface area contributed by atoms with Gasteiger partial charge in [0.15, 0.2) is 0 Å². The number of carbonyl (C=O) groups is 2. The molecule has 6 N–H and O–H groups in total. The van der Waals surface area contributed by atoms with Crippen LogP contribution in [0.5, 0.6) is 0 Å². The van der Waals surface area contributed by atoms with Crippen LogP contribution in [0.15, 0.2) is 60.9 Å². The molecule has 1 unspecified atom stereocenters. The Morgan fingerprint density at radius 2 is 0.788 bits per heavy atom. The van der Waals surface area contributed by atoms with Crippen molar-refractivity contribution in [2.75, 3.05) is 0 Å². The molecule has 10 nitrogen and oxygen atoms in total. The number of hydrogen-bond acceptors (Lipinski definition) is 6. The summed E-state index contributed by atoms with van der Waals surface area (Å²) in [6.45, 7) is 25.8. The number of aromatic amines is 2. The van der Waals surface area contributed by atoms with Gasteiger partial charge in [-0.25, -0.2) is 9.97 Å². The van der Waals surface area contributed by atoms with Crippen molar-refractivity contribution in [3.63, 3.8) is 0 Å². The van der Waals surface area contributed by atoms with Gasteiger partial charge in [-0.05, 0) is 88.5 Å². The SMILES string of the molecule is CC(C)(C)C(NC(=O)C(C)(C)C(C)(C)O)c1ncc(-c2ccc(-c3ccc(-c4cnc([C@@H](NC(=O)C(C)(C)C(C)(C)O)C(C)(C)C)[nH]4)cc3)cc2)[nH]1. The molecular weight excluding hydrogens is 652 g/mol. The lowest BCUT2D eigenvalue weighted by Crippen LogP contribution is -2.52.